The van der Waals surface area contributed by atoms with E-state index in [-0.39, 0.29) is 18.3 Å². The van der Waals surface area contributed by atoms with Crippen molar-refractivity contribution in [1.29, 1.82) is 0 Å². The Morgan fingerprint density at radius 1 is 1.39 bits per heavy atom. The smallest absolute Gasteiger partial charge is 0.241 e. The molecule has 98 valence electrons. The number of carbonyl (C=O) groups is 1. The predicted octanol–water partition coefficient (Wildman–Crippen LogP) is 0.976. The van der Waals surface area contributed by atoms with Crippen molar-refractivity contribution in [2.45, 2.75) is 12.8 Å². The van der Waals surface area contributed by atoms with E-state index in [1.54, 1.807) is 4.90 Å². The number of hydrogen-bond donors (Lipinski definition) is 2. The van der Waals surface area contributed by atoms with Crippen LogP contribution in [-0.2, 0) is 4.79 Å². The van der Waals surface area contributed by atoms with Crippen LogP contribution in [0.1, 0.15) is 12.8 Å². The molecule has 5 nitrogen and oxygen atoms in total. The minimum absolute atomic E-state index is 0.0744. The molecule has 0 aromatic carbocycles. The summed E-state index contributed by atoms with van der Waals surface area (Å²) in [5.74, 6) is -2.51. The molecule has 3 N–H and O–H groups in total. The molecule has 0 aliphatic carbocycles. The number of anilines is 2. The summed E-state index contributed by atoms with van der Waals surface area (Å²) in [6, 6.07) is 0.644. The molecule has 18 heavy (non-hydrogen) atoms. The van der Waals surface area contributed by atoms with E-state index >= 15 is 0 Å². The highest BCUT2D eigenvalue weighted by Gasteiger charge is 2.18. The fraction of sp³-hybridized carbons (Fsp3) is 0.455. The number of nitrogens with two attached hydrogens (primary N) is 1. The summed E-state index contributed by atoms with van der Waals surface area (Å²) < 4.78 is 26.2. The number of pyridine rings is 1. The van der Waals surface area contributed by atoms with Gasteiger partial charge in [-0.25, -0.2) is 13.8 Å². The number of nitrogens with zero attached hydrogens (tertiary/aromatic N) is 2. The molecule has 0 bridgehead atoms. The molecule has 1 amide bonds. The van der Waals surface area contributed by atoms with E-state index in [0.717, 1.165) is 25.9 Å². The van der Waals surface area contributed by atoms with Crippen molar-refractivity contribution < 1.29 is 13.6 Å². The summed E-state index contributed by atoms with van der Waals surface area (Å²) in [6.45, 7) is 1.37. The molecule has 0 spiro atoms. The number of nitrogens with one attached hydrogen (secondary N) is 1. The molecule has 2 heterocycles. The fourth-order valence-corrected chi connectivity index (χ4v) is 1.84. The molecule has 2 rings (SSSR count). The molecule has 1 aliphatic heterocycles. The van der Waals surface area contributed by atoms with E-state index in [2.05, 4.69) is 10.3 Å². The molecule has 0 saturated carbocycles. The van der Waals surface area contributed by atoms with Gasteiger partial charge in [0.15, 0.2) is 23.3 Å². The Balaban J connectivity index is 1.97. The summed E-state index contributed by atoms with van der Waals surface area (Å²) in [4.78, 5) is 16.9. The fourth-order valence-electron chi connectivity index (χ4n) is 1.84. The van der Waals surface area contributed by atoms with Crippen molar-refractivity contribution in [3.8, 4) is 0 Å². The van der Waals surface area contributed by atoms with Gasteiger partial charge in [0.1, 0.15) is 0 Å². The van der Waals surface area contributed by atoms with Crippen LogP contribution in [0.15, 0.2) is 6.07 Å². The number of likely N-dealkylation sites (tertiary alicyclic amines) is 1. The second kappa shape index (κ2) is 5.16. The van der Waals surface area contributed by atoms with Gasteiger partial charge in [0.25, 0.3) is 0 Å². The second-order valence-corrected chi connectivity index (χ2v) is 4.13. The molecule has 0 atom stereocenters. The monoisotopic (exact) mass is 256 g/mol. The van der Waals surface area contributed by atoms with Gasteiger partial charge in [0.05, 0.1) is 6.54 Å². The number of amides is 1. The first kappa shape index (κ1) is 12.5. The lowest BCUT2D eigenvalue weighted by Gasteiger charge is -2.15. The zero-order chi connectivity index (χ0) is 13.1. The quantitative estimate of drug-likeness (QED) is 0.845. The normalized spacial score (nSPS) is 14.9. The van der Waals surface area contributed by atoms with Gasteiger partial charge in [-0.2, -0.15) is 0 Å². The molecular formula is C11H14F2N4O. The Kier molecular flexibility index (Phi) is 3.59. The van der Waals surface area contributed by atoms with Gasteiger partial charge < -0.3 is 16.0 Å². The van der Waals surface area contributed by atoms with Crippen LogP contribution in [0.25, 0.3) is 0 Å². The van der Waals surface area contributed by atoms with Crippen molar-refractivity contribution in [1.82, 2.24) is 9.88 Å². The van der Waals surface area contributed by atoms with Crippen LogP contribution < -0.4 is 11.1 Å². The maximum absolute atomic E-state index is 13.3. The largest absolute Gasteiger partial charge is 0.381 e. The van der Waals surface area contributed by atoms with E-state index in [4.69, 9.17) is 5.73 Å². The molecule has 0 unspecified atom stereocenters. The Labute approximate surface area is 103 Å². The van der Waals surface area contributed by atoms with Crippen molar-refractivity contribution in [3.63, 3.8) is 0 Å². The van der Waals surface area contributed by atoms with Crippen LogP contribution in [0.2, 0.25) is 0 Å². The minimum atomic E-state index is -0.913. The highest BCUT2D eigenvalue weighted by Crippen LogP contribution is 2.16. The van der Waals surface area contributed by atoms with Gasteiger partial charge in [0, 0.05) is 19.2 Å². The highest BCUT2D eigenvalue weighted by molar-refractivity contribution is 5.80. The highest BCUT2D eigenvalue weighted by atomic mass is 19.1. The van der Waals surface area contributed by atoms with Crippen LogP contribution in [0.4, 0.5) is 20.4 Å². The SMILES string of the molecule is Nc1nc(NCC(=O)N2CCCC2)c(F)cc1F. The third kappa shape index (κ3) is 2.66. The van der Waals surface area contributed by atoms with Gasteiger partial charge in [0.2, 0.25) is 5.91 Å². The van der Waals surface area contributed by atoms with Crippen molar-refractivity contribution in [2.24, 2.45) is 0 Å². The molecule has 1 fully saturated rings. The standard InChI is InChI=1S/C11H14F2N4O/c12-7-5-8(13)11(16-10(7)14)15-6-9(18)17-3-1-2-4-17/h5H,1-4,6H2,(H3,14,15,16). The summed E-state index contributed by atoms with van der Waals surface area (Å²) in [5.41, 5.74) is 5.23. The summed E-state index contributed by atoms with van der Waals surface area (Å²) >= 11 is 0. The third-order valence-electron chi connectivity index (χ3n) is 2.82. The van der Waals surface area contributed by atoms with Crippen molar-refractivity contribution >= 4 is 17.5 Å². The molecule has 1 aliphatic rings. The number of nitrogen functional groups attached to an aromatic ring is 1. The predicted molar refractivity (Wildman–Crippen MR) is 62.9 cm³/mol. The molecule has 7 heteroatoms. The Morgan fingerprint density at radius 3 is 2.72 bits per heavy atom. The lowest BCUT2D eigenvalue weighted by atomic mass is 10.4. The van der Waals surface area contributed by atoms with Crippen molar-refractivity contribution in [2.75, 3.05) is 30.7 Å². The van der Waals surface area contributed by atoms with Crippen LogP contribution in [0, 0.1) is 11.6 Å². The maximum atomic E-state index is 13.3. The minimum Gasteiger partial charge on any atom is -0.381 e. The molecule has 1 saturated heterocycles. The average Bonchev–Trinajstić information content (AvgIpc) is 2.85. The summed E-state index contributed by atoms with van der Waals surface area (Å²) in [7, 11) is 0. The number of aromatic nitrogens is 1. The van der Waals surface area contributed by atoms with Crippen LogP contribution in [0.3, 0.4) is 0 Å². The van der Waals surface area contributed by atoms with Crippen LogP contribution >= 0.6 is 0 Å². The van der Waals surface area contributed by atoms with Crippen LogP contribution in [-0.4, -0.2) is 35.4 Å². The first-order valence-corrected chi connectivity index (χ1v) is 5.71. The zero-order valence-electron chi connectivity index (χ0n) is 9.75. The van der Waals surface area contributed by atoms with E-state index in [1.807, 2.05) is 0 Å². The topological polar surface area (TPSA) is 71.2 Å². The van der Waals surface area contributed by atoms with Gasteiger partial charge in [-0.05, 0) is 12.8 Å². The summed E-state index contributed by atoms with van der Waals surface area (Å²) in [6.07, 6.45) is 1.98. The lowest BCUT2D eigenvalue weighted by Crippen LogP contribution is -2.33. The molecule has 1 aromatic heterocycles. The zero-order valence-corrected chi connectivity index (χ0v) is 9.75. The van der Waals surface area contributed by atoms with Crippen LogP contribution in [0.5, 0.6) is 0 Å². The Hall–Kier alpha value is -1.92. The lowest BCUT2D eigenvalue weighted by molar-refractivity contribution is -0.128. The van der Waals surface area contributed by atoms with E-state index in [0.29, 0.717) is 6.07 Å². The van der Waals surface area contributed by atoms with E-state index < -0.39 is 17.5 Å². The van der Waals surface area contributed by atoms with E-state index in [1.165, 1.54) is 0 Å². The first-order valence-electron chi connectivity index (χ1n) is 5.71. The summed E-state index contributed by atoms with van der Waals surface area (Å²) in [5, 5.41) is 2.53. The van der Waals surface area contributed by atoms with Gasteiger partial charge in [-0.1, -0.05) is 0 Å². The average molecular weight is 256 g/mol. The van der Waals surface area contributed by atoms with Gasteiger partial charge in [-0.15, -0.1) is 0 Å². The third-order valence-corrected chi connectivity index (χ3v) is 2.82. The number of rotatable bonds is 3. The molecular weight excluding hydrogens is 242 g/mol. The molecule has 0 radical (unpaired) electrons. The number of halogens is 2. The number of carbonyl (C=O) groups excluding carboxylic acids is 1. The first-order chi connectivity index (χ1) is 8.58. The van der Waals surface area contributed by atoms with E-state index in [9.17, 15) is 13.6 Å². The Morgan fingerprint density at radius 2 is 2.06 bits per heavy atom. The molecule has 1 aromatic rings. The van der Waals surface area contributed by atoms with Gasteiger partial charge >= 0.3 is 0 Å². The maximum Gasteiger partial charge on any atom is 0.241 e. The second-order valence-electron chi connectivity index (χ2n) is 4.13. The number of hydrogen-bond acceptors (Lipinski definition) is 4. The Bertz CT molecular complexity index is 461. The van der Waals surface area contributed by atoms with Crippen molar-refractivity contribution in [3.05, 3.63) is 17.7 Å². The van der Waals surface area contributed by atoms with Gasteiger partial charge in [-0.3, -0.25) is 4.79 Å².